The average Bonchev–Trinajstić information content (AvgIpc) is 2.99. The third kappa shape index (κ3) is 4.49. The monoisotopic (exact) mass is 374 g/mol. The third-order valence-corrected chi connectivity index (χ3v) is 5.09. The van der Waals surface area contributed by atoms with Gasteiger partial charge in [-0.05, 0) is 36.0 Å². The van der Waals surface area contributed by atoms with E-state index in [2.05, 4.69) is 20.6 Å². The molecule has 0 aromatic heterocycles. The second-order valence-electron chi connectivity index (χ2n) is 6.07. The second kappa shape index (κ2) is 8.02. The standard InChI is InChI=1S/2C7H12N2S.Zn/c2*10-7-8-5-3-1-2-4-6(5)9-7;/h2*5-6H,1-4H2,(H2,8,9,10);/q;;+2/p-2. The van der Waals surface area contributed by atoms with E-state index in [0.29, 0.717) is 24.2 Å². The molecule has 2 saturated carbocycles. The summed E-state index contributed by atoms with van der Waals surface area (Å²) in [6, 6.07) is 2.20. The molecule has 4 aliphatic rings. The molecule has 0 amide bonds. The van der Waals surface area contributed by atoms with Crippen LogP contribution in [0.3, 0.4) is 0 Å². The van der Waals surface area contributed by atoms with Crippen LogP contribution in [0.1, 0.15) is 51.4 Å². The maximum Gasteiger partial charge on any atom is 2.00 e. The van der Waals surface area contributed by atoms with E-state index in [1.807, 2.05) is 0 Å². The van der Waals surface area contributed by atoms with Gasteiger partial charge in [0, 0.05) is 12.1 Å². The molecule has 4 nitrogen and oxygen atoms in total. The van der Waals surface area contributed by atoms with Crippen LogP contribution in [0.2, 0.25) is 0 Å². The van der Waals surface area contributed by atoms with E-state index in [9.17, 15) is 0 Å². The Balaban J connectivity index is 0.000000147. The topological polar surface area (TPSA) is 48.8 Å². The molecule has 4 rings (SSSR count). The summed E-state index contributed by atoms with van der Waals surface area (Å²) in [4.78, 5) is 8.66. The van der Waals surface area contributed by atoms with Gasteiger partial charge in [0.25, 0.3) is 0 Å². The number of aliphatic imine (C=N–C) groups is 2. The normalized spacial score (nSPS) is 36.4. The van der Waals surface area contributed by atoms with Gasteiger partial charge < -0.3 is 35.9 Å². The number of amidine groups is 2. The molecule has 0 spiro atoms. The molecular weight excluding hydrogens is 354 g/mol. The van der Waals surface area contributed by atoms with Crippen LogP contribution in [-0.4, -0.2) is 34.5 Å². The van der Waals surface area contributed by atoms with E-state index in [-0.39, 0.29) is 19.5 Å². The zero-order valence-electron chi connectivity index (χ0n) is 12.4. The van der Waals surface area contributed by atoms with Crippen molar-refractivity contribution in [2.24, 2.45) is 9.98 Å². The van der Waals surface area contributed by atoms with Gasteiger partial charge in [-0.25, -0.2) is 0 Å². The Morgan fingerprint density at radius 3 is 1.48 bits per heavy atom. The van der Waals surface area contributed by atoms with Gasteiger partial charge in [-0.3, -0.25) is 9.98 Å². The Kier molecular flexibility index (Phi) is 6.63. The van der Waals surface area contributed by atoms with Gasteiger partial charge in [-0.15, -0.1) is 0 Å². The fourth-order valence-corrected chi connectivity index (χ4v) is 4.13. The first kappa shape index (κ1) is 17.4. The van der Waals surface area contributed by atoms with Crippen molar-refractivity contribution in [2.75, 3.05) is 0 Å². The van der Waals surface area contributed by atoms with Gasteiger partial charge in [0.1, 0.15) is 0 Å². The van der Waals surface area contributed by atoms with Crippen LogP contribution in [0.15, 0.2) is 9.98 Å². The van der Waals surface area contributed by atoms with Gasteiger partial charge in [-0.1, -0.05) is 25.7 Å². The van der Waals surface area contributed by atoms with Crippen LogP contribution < -0.4 is 10.6 Å². The Morgan fingerprint density at radius 2 is 1.10 bits per heavy atom. The molecule has 21 heavy (non-hydrogen) atoms. The molecule has 0 aromatic rings. The van der Waals surface area contributed by atoms with Crippen LogP contribution in [-0.2, 0) is 44.7 Å². The molecule has 7 heteroatoms. The molecule has 2 aliphatic carbocycles. The van der Waals surface area contributed by atoms with Crippen LogP contribution >= 0.6 is 0 Å². The molecule has 112 valence electrons. The molecular formula is C14H22N4S2Zn. The van der Waals surface area contributed by atoms with E-state index in [1.54, 1.807) is 0 Å². The van der Waals surface area contributed by atoms with Crippen LogP contribution in [0.5, 0.6) is 0 Å². The first-order chi connectivity index (χ1) is 9.72. The Bertz CT molecular complexity index is 378. The Morgan fingerprint density at radius 1 is 0.714 bits per heavy atom. The third-order valence-electron chi connectivity index (χ3n) is 4.64. The molecule has 4 atom stereocenters. The first-order valence-corrected chi connectivity index (χ1v) is 8.57. The molecule has 2 aliphatic heterocycles. The zero-order valence-corrected chi connectivity index (χ0v) is 17.0. The fourth-order valence-electron chi connectivity index (χ4n) is 3.56. The number of rotatable bonds is 0. The van der Waals surface area contributed by atoms with Gasteiger partial charge in [0.2, 0.25) is 0 Å². The summed E-state index contributed by atoms with van der Waals surface area (Å²) in [6.45, 7) is 0. The number of fused-ring (bicyclic) bond motifs is 2. The predicted octanol–water partition coefficient (Wildman–Crippen LogP) is 1.60. The maximum atomic E-state index is 4.96. The largest absolute Gasteiger partial charge is 2.00 e. The van der Waals surface area contributed by atoms with Gasteiger partial charge >= 0.3 is 19.5 Å². The van der Waals surface area contributed by atoms with Crippen molar-refractivity contribution in [2.45, 2.75) is 75.5 Å². The van der Waals surface area contributed by atoms with Crippen molar-refractivity contribution in [3.8, 4) is 0 Å². The van der Waals surface area contributed by atoms with Crippen LogP contribution in [0.25, 0.3) is 0 Å². The minimum Gasteiger partial charge on any atom is -0.743 e. The van der Waals surface area contributed by atoms with Crippen LogP contribution in [0, 0.1) is 0 Å². The number of hydrogen-bond donors (Lipinski definition) is 2. The number of nitrogens with one attached hydrogen (secondary N) is 2. The molecule has 2 heterocycles. The quantitative estimate of drug-likeness (QED) is 0.499. The van der Waals surface area contributed by atoms with Crippen molar-refractivity contribution in [3.63, 3.8) is 0 Å². The summed E-state index contributed by atoms with van der Waals surface area (Å²) >= 11 is 9.91. The minimum absolute atomic E-state index is 0. The van der Waals surface area contributed by atoms with Crippen molar-refractivity contribution in [1.29, 1.82) is 0 Å². The van der Waals surface area contributed by atoms with E-state index < -0.39 is 0 Å². The Hall–Kier alpha value is 0.00338. The average molecular weight is 376 g/mol. The van der Waals surface area contributed by atoms with E-state index in [4.69, 9.17) is 25.3 Å². The molecule has 0 saturated heterocycles. The van der Waals surface area contributed by atoms with Gasteiger partial charge in [0.05, 0.1) is 12.1 Å². The first-order valence-electron chi connectivity index (χ1n) is 7.75. The molecule has 4 unspecified atom stereocenters. The molecule has 0 radical (unpaired) electrons. The molecule has 2 N–H and O–H groups in total. The molecule has 2 fully saturated rings. The van der Waals surface area contributed by atoms with Crippen molar-refractivity contribution in [3.05, 3.63) is 0 Å². The smallest absolute Gasteiger partial charge is 0.743 e. The summed E-state index contributed by atoms with van der Waals surface area (Å²) in [6.07, 6.45) is 10.3. The number of hydrogen-bond acceptors (Lipinski definition) is 6. The summed E-state index contributed by atoms with van der Waals surface area (Å²) in [5.41, 5.74) is 0. The van der Waals surface area contributed by atoms with Gasteiger partial charge in [0.15, 0.2) is 0 Å². The SMILES string of the molecule is [S-]C1=NC2CCCCC2N1.[S-]C1=NC2CCCCC2N1.[Zn+2]. The van der Waals surface area contributed by atoms with Crippen molar-refractivity contribution >= 4 is 35.6 Å². The zero-order chi connectivity index (χ0) is 13.9. The molecule has 0 aromatic carbocycles. The van der Waals surface area contributed by atoms with Crippen LogP contribution in [0.4, 0.5) is 0 Å². The summed E-state index contributed by atoms with van der Waals surface area (Å²) in [5.74, 6) is 0. The van der Waals surface area contributed by atoms with E-state index >= 15 is 0 Å². The molecule has 0 bridgehead atoms. The van der Waals surface area contributed by atoms with E-state index in [1.165, 1.54) is 51.4 Å². The van der Waals surface area contributed by atoms with Gasteiger partial charge in [-0.2, -0.15) is 0 Å². The van der Waals surface area contributed by atoms with Crippen molar-refractivity contribution in [1.82, 2.24) is 10.6 Å². The second-order valence-corrected chi connectivity index (χ2v) is 6.85. The fraction of sp³-hybridized carbons (Fsp3) is 0.857. The minimum atomic E-state index is 0. The van der Waals surface area contributed by atoms with Crippen molar-refractivity contribution < 1.29 is 19.5 Å². The predicted molar refractivity (Wildman–Crippen MR) is 88.0 cm³/mol. The summed E-state index contributed by atoms with van der Waals surface area (Å²) < 4.78 is 0. The number of nitrogens with zero attached hydrogens (tertiary/aromatic N) is 2. The maximum absolute atomic E-state index is 4.96. The Labute approximate surface area is 151 Å². The summed E-state index contributed by atoms with van der Waals surface area (Å²) in [7, 11) is 0. The summed E-state index contributed by atoms with van der Waals surface area (Å²) in [5, 5.41) is 7.91. The van der Waals surface area contributed by atoms with E-state index in [0.717, 1.165) is 10.3 Å².